The summed E-state index contributed by atoms with van der Waals surface area (Å²) in [7, 11) is 0. The molecule has 0 aliphatic rings. The van der Waals surface area contributed by atoms with Crippen LogP contribution in [-0.4, -0.2) is 9.55 Å². The predicted octanol–water partition coefficient (Wildman–Crippen LogP) is 10.0. The van der Waals surface area contributed by atoms with Crippen molar-refractivity contribution in [1.29, 1.82) is 0 Å². The highest BCUT2D eigenvalue weighted by Gasteiger charge is 2.21. The van der Waals surface area contributed by atoms with E-state index in [1.807, 2.05) is 0 Å². The molecular formula is C27H24Br2N2S2. The van der Waals surface area contributed by atoms with Gasteiger partial charge in [-0.2, -0.15) is 0 Å². The van der Waals surface area contributed by atoms with E-state index in [0.717, 1.165) is 31.0 Å². The monoisotopic (exact) mass is 598 g/mol. The van der Waals surface area contributed by atoms with Gasteiger partial charge in [-0.05, 0) is 74.0 Å². The number of rotatable bonds is 4. The van der Waals surface area contributed by atoms with Crippen LogP contribution < -0.4 is 0 Å². The molecule has 0 atom stereocenters. The number of aromatic nitrogens is 2. The molecule has 3 heterocycles. The van der Waals surface area contributed by atoms with E-state index in [1.165, 1.54) is 32.0 Å². The first-order valence-electron chi connectivity index (χ1n) is 10.9. The van der Waals surface area contributed by atoms with Gasteiger partial charge in [0.1, 0.15) is 5.82 Å². The van der Waals surface area contributed by atoms with E-state index in [0.29, 0.717) is 0 Å². The third-order valence-electron chi connectivity index (χ3n) is 5.90. The molecule has 33 heavy (non-hydrogen) atoms. The van der Waals surface area contributed by atoms with Crippen molar-refractivity contribution in [2.45, 2.75) is 39.7 Å². The van der Waals surface area contributed by atoms with Crippen molar-refractivity contribution in [3.63, 3.8) is 0 Å². The average Bonchev–Trinajstić information content (AvgIpc) is 3.50. The molecule has 0 saturated carbocycles. The fourth-order valence-corrected chi connectivity index (χ4v) is 7.03. The average molecular weight is 600 g/mol. The molecule has 6 heteroatoms. The van der Waals surface area contributed by atoms with Gasteiger partial charge in [-0.25, -0.2) is 4.98 Å². The molecule has 2 aromatic carbocycles. The second kappa shape index (κ2) is 8.81. The Kier molecular flexibility index (Phi) is 6.15. The van der Waals surface area contributed by atoms with E-state index in [4.69, 9.17) is 4.98 Å². The van der Waals surface area contributed by atoms with Crippen LogP contribution in [0.1, 0.15) is 33.3 Å². The molecule has 2 nitrogen and oxygen atoms in total. The van der Waals surface area contributed by atoms with Gasteiger partial charge in [0.2, 0.25) is 0 Å². The van der Waals surface area contributed by atoms with E-state index in [-0.39, 0.29) is 5.41 Å². The molecular weight excluding hydrogens is 576 g/mol. The standard InChI is InChI=1S/C27H24Br2N2S2/c1-5-31-25-19(21-13-15-23(29)33-21)11-10-18(20-12-14-22(28)32-20)24(25)30-26(31)16-6-8-17(9-7-16)27(2,3)4/h6-15H,5H2,1-4H3. The second-order valence-electron chi connectivity index (χ2n) is 9.07. The van der Waals surface area contributed by atoms with E-state index in [9.17, 15) is 0 Å². The van der Waals surface area contributed by atoms with E-state index >= 15 is 0 Å². The van der Waals surface area contributed by atoms with Gasteiger partial charge in [0.25, 0.3) is 0 Å². The third-order valence-corrected chi connectivity index (χ3v) is 9.21. The van der Waals surface area contributed by atoms with Crippen LogP contribution in [-0.2, 0) is 12.0 Å². The number of thiophene rings is 2. The maximum Gasteiger partial charge on any atom is 0.141 e. The van der Waals surface area contributed by atoms with Gasteiger partial charge in [0.15, 0.2) is 0 Å². The zero-order chi connectivity index (χ0) is 23.3. The molecule has 0 spiro atoms. The summed E-state index contributed by atoms with van der Waals surface area (Å²) in [6.45, 7) is 9.81. The van der Waals surface area contributed by atoms with Gasteiger partial charge in [-0.15, -0.1) is 22.7 Å². The molecule has 0 N–H and O–H groups in total. The Morgan fingerprint density at radius 1 is 0.788 bits per heavy atom. The minimum atomic E-state index is 0.128. The van der Waals surface area contributed by atoms with Crippen LogP contribution in [0.5, 0.6) is 0 Å². The Morgan fingerprint density at radius 3 is 1.88 bits per heavy atom. The first-order chi connectivity index (χ1) is 15.8. The molecule has 0 aliphatic heterocycles. The summed E-state index contributed by atoms with van der Waals surface area (Å²) in [5.74, 6) is 1.02. The van der Waals surface area contributed by atoms with Crippen molar-refractivity contribution < 1.29 is 0 Å². The zero-order valence-electron chi connectivity index (χ0n) is 18.9. The highest BCUT2D eigenvalue weighted by Crippen LogP contribution is 2.43. The molecule has 168 valence electrons. The van der Waals surface area contributed by atoms with Crippen LogP contribution in [0.15, 0.2) is 68.2 Å². The normalized spacial score (nSPS) is 12.1. The Labute approximate surface area is 219 Å². The molecule has 0 saturated heterocycles. The van der Waals surface area contributed by atoms with Gasteiger partial charge in [-0.3, -0.25) is 0 Å². The SMILES string of the molecule is CCn1c(-c2ccc(C(C)(C)C)cc2)nc2c(-c3ccc(Br)s3)ccc(-c3ccc(Br)s3)c21. The van der Waals surface area contributed by atoms with Crippen LogP contribution in [0.4, 0.5) is 0 Å². The van der Waals surface area contributed by atoms with Gasteiger partial charge >= 0.3 is 0 Å². The predicted molar refractivity (Wildman–Crippen MR) is 152 cm³/mol. The molecule has 0 amide bonds. The fraction of sp³-hybridized carbons (Fsp3) is 0.222. The molecule has 0 fully saturated rings. The largest absolute Gasteiger partial charge is 0.324 e. The molecule has 5 aromatic rings. The Morgan fingerprint density at radius 2 is 1.36 bits per heavy atom. The minimum Gasteiger partial charge on any atom is -0.324 e. The van der Waals surface area contributed by atoms with Crippen molar-refractivity contribution in [3.05, 3.63) is 73.8 Å². The summed E-state index contributed by atoms with van der Waals surface area (Å²) in [5.41, 5.74) is 7.28. The molecule has 3 aromatic heterocycles. The van der Waals surface area contributed by atoms with Crippen molar-refractivity contribution >= 4 is 65.6 Å². The summed E-state index contributed by atoms with van der Waals surface area (Å²) in [6, 6.07) is 22.0. The molecule has 5 rings (SSSR count). The lowest BCUT2D eigenvalue weighted by molar-refractivity contribution is 0.590. The topological polar surface area (TPSA) is 17.8 Å². The smallest absolute Gasteiger partial charge is 0.141 e. The Balaban J connectivity index is 1.79. The first-order valence-corrected chi connectivity index (χ1v) is 14.1. The summed E-state index contributed by atoms with van der Waals surface area (Å²) >= 11 is 10.8. The third kappa shape index (κ3) is 4.27. The summed E-state index contributed by atoms with van der Waals surface area (Å²) in [5, 5.41) is 0. The molecule has 0 aliphatic carbocycles. The molecule has 0 radical (unpaired) electrons. The van der Waals surface area contributed by atoms with Crippen molar-refractivity contribution in [2.24, 2.45) is 0 Å². The number of hydrogen-bond acceptors (Lipinski definition) is 3. The van der Waals surface area contributed by atoms with Crippen molar-refractivity contribution in [1.82, 2.24) is 9.55 Å². The Hall–Kier alpha value is -1.73. The van der Waals surface area contributed by atoms with E-state index in [1.54, 1.807) is 22.7 Å². The number of hydrogen-bond donors (Lipinski definition) is 0. The van der Waals surface area contributed by atoms with Gasteiger partial charge in [0, 0.05) is 33.0 Å². The maximum atomic E-state index is 5.27. The number of aryl methyl sites for hydroxylation is 1. The van der Waals surface area contributed by atoms with E-state index < -0.39 is 0 Å². The highest BCUT2D eigenvalue weighted by atomic mass is 79.9. The van der Waals surface area contributed by atoms with Crippen LogP contribution in [0, 0.1) is 0 Å². The van der Waals surface area contributed by atoms with Crippen LogP contribution in [0.25, 0.3) is 43.3 Å². The summed E-state index contributed by atoms with van der Waals surface area (Å²) < 4.78 is 4.64. The van der Waals surface area contributed by atoms with Crippen LogP contribution >= 0.6 is 54.5 Å². The lowest BCUT2D eigenvalue weighted by atomic mass is 9.87. The molecule has 0 unspecified atom stereocenters. The van der Waals surface area contributed by atoms with Crippen LogP contribution in [0.3, 0.4) is 0 Å². The molecule has 0 bridgehead atoms. The second-order valence-corrected chi connectivity index (χ2v) is 14.0. The minimum absolute atomic E-state index is 0.128. The number of imidazole rings is 1. The Bertz CT molecular complexity index is 1450. The zero-order valence-corrected chi connectivity index (χ0v) is 23.8. The van der Waals surface area contributed by atoms with E-state index in [2.05, 4.69) is 125 Å². The van der Waals surface area contributed by atoms with Crippen molar-refractivity contribution in [3.8, 4) is 32.3 Å². The maximum absolute atomic E-state index is 5.27. The fourth-order valence-electron chi connectivity index (χ4n) is 4.20. The number of halogens is 2. The van der Waals surface area contributed by atoms with Gasteiger partial charge in [-0.1, -0.05) is 57.2 Å². The van der Waals surface area contributed by atoms with Crippen LogP contribution in [0.2, 0.25) is 0 Å². The number of nitrogens with zero attached hydrogens (tertiary/aromatic N) is 2. The lowest BCUT2D eigenvalue weighted by Gasteiger charge is -2.19. The number of benzene rings is 2. The highest BCUT2D eigenvalue weighted by molar-refractivity contribution is 9.11. The van der Waals surface area contributed by atoms with Gasteiger partial charge in [0.05, 0.1) is 18.6 Å². The number of fused-ring (bicyclic) bond motifs is 1. The lowest BCUT2D eigenvalue weighted by Crippen LogP contribution is -2.10. The first kappa shape index (κ1) is 23.0. The quantitative estimate of drug-likeness (QED) is 0.201. The summed E-state index contributed by atoms with van der Waals surface area (Å²) in [4.78, 5) is 7.74. The summed E-state index contributed by atoms with van der Waals surface area (Å²) in [6.07, 6.45) is 0. The van der Waals surface area contributed by atoms with Crippen molar-refractivity contribution in [2.75, 3.05) is 0 Å². The van der Waals surface area contributed by atoms with Gasteiger partial charge < -0.3 is 4.57 Å².